The first-order chi connectivity index (χ1) is 16.3. The van der Waals surface area contributed by atoms with E-state index in [1.54, 1.807) is 0 Å². The number of halogens is 3. The summed E-state index contributed by atoms with van der Waals surface area (Å²) in [4.78, 5) is 15.8. The summed E-state index contributed by atoms with van der Waals surface area (Å²) in [6.07, 6.45) is 1.79. The maximum Gasteiger partial charge on any atom is 0.257 e. The van der Waals surface area contributed by atoms with Crippen LogP contribution in [0.2, 0.25) is 10.0 Å². The van der Waals surface area contributed by atoms with Crippen molar-refractivity contribution in [1.82, 2.24) is 4.90 Å². The summed E-state index contributed by atoms with van der Waals surface area (Å²) in [5.74, 6) is -0.123. The SMILES string of the molecule is C[C@@H](c1ccc(Cl)cc1)N1C(=O)c2cc(Br)ccc2[C@]1(OCC1(CO)CC1)c1ccc(Cl)cc1. The lowest BCUT2D eigenvalue weighted by molar-refractivity contribution is -0.137. The third kappa shape index (κ3) is 3.98. The van der Waals surface area contributed by atoms with Gasteiger partial charge in [0, 0.05) is 36.6 Å². The monoisotopic (exact) mass is 559 g/mol. The molecule has 0 radical (unpaired) electrons. The highest BCUT2D eigenvalue weighted by Crippen LogP contribution is 2.53. The number of rotatable bonds is 7. The lowest BCUT2D eigenvalue weighted by Crippen LogP contribution is -2.49. The van der Waals surface area contributed by atoms with Crippen molar-refractivity contribution in [2.45, 2.75) is 31.5 Å². The second kappa shape index (κ2) is 8.96. The lowest BCUT2D eigenvalue weighted by atomic mass is 9.91. The van der Waals surface area contributed by atoms with Gasteiger partial charge < -0.3 is 9.84 Å². The number of fused-ring (bicyclic) bond motifs is 1. The molecule has 1 fully saturated rings. The standard InChI is InChI=1S/C27H24BrCl2NO3/c1-17(18-2-7-21(29)8-3-18)31-25(33)23-14-20(28)6-11-24(23)27(31,19-4-9-22(30)10-5-19)34-16-26(15-32)12-13-26/h2-11,14,17,32H,12-13,15-16H2,1H3/t17-,27+/m0/s1. The molecule has 4 nitrogen and oxygen atoms in total. The molecule has 0 unspecified atom stereocenters. The van der Waals surface area contributed by atoms with Crippen LogP contribution in [-0.2, 0) is 10.5 Å². The molecule has 0 saturated heterocycles. The lowest BCUT2D eigenvalue weighted by Gasteiger charge is -2.43. The van der Waals surface area contributed by atoms with Crippen molar-refractivity contribution in [1.29, 1.82) is 0 Å². The molecule has 0 spiro atoms. The van der Waals surface area contributed by atoms with Crippen molar-refractivity contribution in [3.8, 4) is 0 Å². The molecule has 176 valence electrons. The fourth-order valence-corrected chi connectivity index (χ4v) is 5.33. The molecule has 3 aromatic rings. The van der Waals surface area contributed by atoms with E-state index < -0.39 is 5.72 Å². The zero-order valence-electron chi connectivity index (χ0n) is 18.6. The Bertz CT molecular complexity index is 1230. The average Bonchev–Trinajstić information content (AvgIpc) is 3.58. The van der Waals surface area contributed by atoms with Gasteiger partial charge in [-0.1, -0.05) is 69.5 Å². The van der Waals surface area contributed by atoms with Crippen LogP contribution >= 0.6 is 39.1 Å². The summed E-state index contributed by atoms with van der Waals surface area (Å²) in [6, 6.07) is 20.4. The number of hydrogen-bond donors (Lipinski definition) is 1. The Morgan fingerprint density at radius 3 is 2.24 bits per heavy atom. The molecule has 1 amide bonds. The van der Waals surface area contributed by atoms with E-state index in [1.807, 2.05) is 78.6 Å². The van der Waals surface area contributed by atoms with E-state index >= 15 is 0 Å². The first kappa shape index (κ1) is 23.8. The van der Waals surface area contributed by atoms with E-state index in [-0.39, 0.29) is 24.0 Å². The van der Waals surface area contributed by atoms with Crippen LogP contribution in [0.15, 0.2) is 71.2 Å². The highest BCUT2D eigenvalue weighted by atomic mass is 79.9. The molecular formula is C27H24BrCl2NO3. The minimum Gasteiger partial charge on any atom is -0.396 e. The van der Waals surface area contributed by atoms with Gasteiger partial charge in [-0.15, -0.1) is 0 Å². The third-order valence-electron chi connectivity index (χ3n) is 6.99. The van der Waals surface area contributed by atoms with Crippen molar-refractivity contribution in [3.63, 3.8) is 0 Å². The molecule has 2 atom stereocenters. The van der Waals surface area contributed by atoms with Crippen molar-refractivity contribution in [2.75, 3.05) is 13.2 Å². The number of aliphatic hydroxyl groups excluding tert-OH is 1. The van der Waals surface area contributed by atoms with Gasteiger partial charge in [-0.3, -0.25) is 9.69 Å². The number of benzene rings is 3. The maximum atomic E-state index is 14.0. The van der Waals surface area contributed by atoms with Gasteiger partial charge in [0.1, 0.15) is 0 Å². The third-order valence-corrected chi connectivity index (χ3v) is 7.99. The molecular weight excluding hydrogens is 537 g/mol. The topological polar surface area (TPSA) is 49.8 Å². The van der Waals surface area contributed by atoms with Crippen LogP contribution in [0.1, 0.15) is 52.9 Å². The summed E-state index contributed by atoms with van der Waals surface area (Å²) in [5.41, 5.74) is 1.66. The van der Waals surface area contributed by atoms with E-state index in [0.29, 0.717) is 22.2 Å². The molecule has 1 heterocycles. The number of aliphatic hydroxyl groups is 1. The van der Waals surface area contributed by atoms with E-state index in [9.17, 15) is 9.90 Å². The van der Waals surface area contributed by atoms with Crippen LogP contribution in [0.3, 0.4) is 0 Å². The fraction of sp³-hybridized carbons (Fsp3) is 0.296. The summed E-state index contributed by atoms with van der Waals surface area (Å²) in [5, 5.41) is 11.2. The second-order valence-corrected chi connectivity index (χ2v) is 11.0. The van der Waals surface area contributed by atoms with Gasteiger partial charge in [0.2, 0.25) is 0 Å². The summed E-state index contributed by atoms with van der Waals surface area (Å²) < 4.78 is 7.63. The summed E-state index contributed by atoms with van der Waals surface area (Å²) in [7, 11) is 0. The number of carbonyl (C=O) groups is 1. The Hall–Kier alpha value is -1.89. The first-order valence-electron chi connectivity index (χ1n) is 11.2. The van der Waals surface area contributed by atoms with Gasteiger partial charge in [-0.2, -0.15) is 0 Å². The van der Waals surface area contributed by atoms with Gasteiger partial charge in [-0.05, 0) is 61.7 Å². The van der Waals surface area contributed by atoms with E-state index in [2.05, 4.69) is 15.9 Å². The van der Waals surface area contributed by atoms with Crippen LogP contribution < -0.4 is 0 Å². The van der Waals surface area contributed by atoms with Crippen LogP contribution in [0, 0.1) is 5.41 Å². The Morgan fingerprint density at radius 1 is 1.03 bits per heavy atom. The summed E-state index contributed by atoms with van der Waals surface area (Å²) in [6.45, 7) is 2.38. The van der Waals surface area contributed by atoms with Gasteiger partial charge >= 0.3 is 0 Å². The molecule has 1 saturated carbocycles. The quantitative estimate of drug-likeness (QED) is 0.339. The Kier molecular flexibility index (Phi) is 6.28. The highest BCUT2D eigenvalue weighted by Gasteiger charge is 2.56. The first-order valence-corrected chi connectivity index (χ1v) is 12.7. The number of nitrogens with zero attached hydrogens (tertiary/aromatic N) is 1. The van der Waals surface area contributed by atoms with Crippen molar-refractivity contribution in [2.24, 2.45) is 5.41 Å². The van der Waals surface area contributed by atoms with Crippen LogP contribution in [-0.4, -0.2) is 29.1 Å². The van der Waals surface area contributed by atoms with E-state index in [4.69, 9.17) is 27.9 Å². The van der Waals surface area contributed by atoms with E-state index in [1.165, 1.54) is 0 Å². The molecule has 7 heteroatoms. The molecule has 34 heavy (non-hydrogen) atoms. The number of carbonyl (C=O) groups excluding carboxylic acids is 1. The molecule has 2 aliphatic rings. The van der Waals surface area contributed by atoms with Gasteiger partial charge in [0.25, 0.3) is 5.91 Å². The van der Waals surface area contributed by atoms with Crippen molar-refractivity contribution >= 4 is 45.0 Å². The predicted octanol–water partition coefficient (Wildman–Crippen LogP) is 6.96. The molecule has 5 rings (SSSR count). The largest absolute Gasteiger partial charge is 0.396 e. The number of ether oxygens (including phenoxy) is 1. The molecule has 1 aliphatic heterocycles. The zero-order valence-corrected chi connectivity index (χ0v) is 21.7. The smallest absolute Gasteiger partial charge is 0.257 e. The zero-order chi connectivity index (χ0) is 24.1. The Labute approximate surface area is 217 Å². The summed E-state index contributed by atoms with van der Waals surface area (Å²) >= 11 is 15.9. The van der Waals surface area contributed by atoms with Gasteiger partial charge in [0.15, 0.2) is 5.72 Å². The molecule has 3 aromatic carbocycles. The molecule has 0 aromatic heterocycles. The van der Waals surface area contributed by atoms with Crippen molar-refractivity contribution < 1.29 is 14.6 Å². The number of amides is 1. The second-order valence-electron chi connectivity index (χ2n) is 9.19. The van der Waals surface area contributed by atoms with Gasteiger partial charge in [0.05, 0.1) is 19.3 Å². The normalized spacial score (nSPS) is 21.4. The Morgan fingerprint density at radius 2 is 1.65 bits per heavy atom. The minimum atomic E-state index is -1.18. The van der Waals surface area contributed by atoms with Crippen LogP contribution in [0.4, 0.5) is 0 Å². The average molecular weight is 561 g/mol. The molecule has 1 aliphatic carbocycles. The van der Waals surface area contributed by atoms with E-state index in [0.717, 1.165) is 34.0 Å². The highest BCUT2D eigenvalue weighted by molar-refractivity contribution is 9.10. The molecule has 1 N–H and O–H groups in total. The van der Waals surface area contributed by atoms with Crippen LogP contribution in [0.5, 0.6) is 0 Å². The predicted molar refractivity (Wildman–Crippen MR) is 137 cm³/mol. The fourth-order valence-electron chi connectivity index (χ4n) is 4.71. The number of hydrogen-bond acceptors (Lipinski definition) is 3. The maximum absolute atomic E-state index is 14.0. The van der Waals surface area contributed by atoms with Crippen LogP contribution in [0.25, 0.3) is 0 Å². The van der Waals surface area contributed by atoms with Gasteiger partial charge in [-0.25, -0.2) is 0 Å². The molecule has 0 bridgehead atoms. The Balaban J connectivity index is 1.72. The van der Waals surface area contributed by atoms with Crippen molar-refractivity contribution in [3.05, 3.63) is 104 Å². The minimum absolute atomic E-state index is 0.0532.